The van der Waals surface area contributed by atoms with Crippen LogP contribution in [0.2, 0.25) is 0 Å². The van der Waals surface area contributed by atoms with Crippen LogP contribution in [0, 0.1) is 0 Å². The Bertz CT molecular complexity index is 582. The van der Waals surface area contributed by atoms with E-state index in [4.69, 9.17) is 5.73 Å². The normalized spacial score (nSPS) is 12.1. The number of aromatic nitrogens is 2. The van der Waals surface area contributed by atoms with E-state index < -0.39 is 0 Å². The van der Waals surface area contributed by atoms with E-state index in [1.54, 1.807) is 6.92 Å². The number of thioether (sulfide) groups is 1. The Morgan fingerprint density at radius 2 is 2.10 bits per heavy atom. The molecule has 0 saturated carbocycles. The van der Waals surface area contributed by atoms with E-state index in [9.17, 15) is 4.79 Å². The standard InChI is InChI=1S/C13H16N4OS2/c1-3-9-4-6-10(7-5-9)15-12-16-17-13(20-12)19-8(2)11(14)18/h4-8H,3H2,1-2H3,(H2,14,18)(H,15,16)/t8-/m1/s1. The molecule has 0 fully saturated rings. The Morgan fingerprint density at radius 1 is 1.40 bits per heavy atom. The molecule has 0 unspecified atom stereocenters. The zero-order valence-electron chi connectivity index (χ0n) is 11.3. The first-order valence-corrected chi connectivity index (χ1v) is 7.93. The number of rotatable bonds is 6. The predicted octanol–water partition coefficient (Wildman–Crippen LogP) is 2.81. The number of aryl methyl sites for hydroxylation is 1. The molecule has 0 spiro atoms. The van der Waals surface area contributed by atoms with Crippen molar-refractivity contribution in [2.45, 2.75) is 29.9 Å². The van der Waals surface area contributed by atoms with Crippen LogP contribution in [0.3, 0.4) is 0 Å². The third-order valence-electron chi connectivity index (χ3n) is 2.70. The van der Waals surface area contributed by atoms with Gasteiger partial charge in [-0.05, 0) is 31.0 Å². The van der Waals surface area contributed by atoms with Crippen LogP contribution >= 0.6 is 23.1 Å². The van der Waals surface area contributed by atoms with Crippen molar-refractivity contribution in [3.8, 4) is 0 Å². The van der Waals surface area contributed by atoms with E-state index in [-0.39, 0.29) is 11.2 Å². The van der Waals surface area contributed by atoms with E-state index in [1.165, 1.54) is 28.7 Å². The lowest BCUT2D eigenvalue weighted by atomic mass is 10.1. The number of nitrogens with two attached hydrogens (primary N) is 1. The summed E-state index contributed by atoms with van der Waals surface area (Å²) in [4.78, 5) is 11.0. The first-order valence-electron chi connectivity index (χ1n) is 6.24. The molecule has 5 nitrogen and oxygen atoms in total. The molecule has 1 amide bonds. The van der Waals surface area contributed by atoms with Gasteiger partial charge in [0.1, 0.15) is 0 Å². The van der Waals surface area contributed by atoms with Crippen LogP contribution in [0.5, 0.6) is 0 Å². The predicted molar refractivity (Wildman–Crippen MR) is 83.5 cm³/mol. The van der Waals surface area contributed by atoms with Crippen LogP contribution in [0.25, 0.3) is 0 Å². The fraction of sp³-hybridized carbons (Fsp3) is 0.308. The molecule has 7 heteroatoms. The molecule has 0 saturated heterocycles. The van der Waals surface area contributed by atoms with Crippen molar-refractivity contribution < 1.29 is 4.79 Å². The van der Waals surface area contributed by atoms with Gasteiger partial charge in [-0.2, -0.15) is 0 Å². The van der Waals surface area contributed by atoms with Crippen molar-refractivity contribution in [2.75, 3.05) is 5.32 Å². The van der Waals surface area contributed by atoms with Gasteiger partial charge in [0, 0.05) is 5.69 Å². The number of nitrogens with zero attached hydrogens (tertiary/aromatic N) is 2. The SMILES string of the molecule is CCc1ccc(Nc2nnc(S[C@H](C)C(N)=O)s2)cc1. The molecule has 1 aromatic carbocycles. The summed E-state index contributed by atoms with van der Waals surface area (Å²) in [6.45, 7) is 3.88. The molecule has 0 radical (unpaired) electrons. The average Bonchev–Trinajstić information content (AvgIpc) is 2.86. The van der Waals surface area contributed by atoms with Crippen molar-refractivity contribution >= 4 is 39.8 Å². The number of carbonyl (C=O) groups is 1. The topological polar surface area (TPSA) is 80.9 Å². The molecular formula is C13H16N4OS2. The Kier molecular flexibility index (Phi) is 4.97. The molecular weight excluding hydrogens is 292 g/mol. The quantitative estimate of drug-likeness (QED) is 0.802. The number of carbonyl (C=O) groups excluding carboxylic acids is 1. The van der Waals surface area contributed by atoms with E-state index in [0.717, 1.165) is 16.4 Å². The van der Waals surface area contributed by atoms with Gasteiger partial charge in [-0.15, -0.1) is 10.2 Å². The summed E-state index contributed by atoms with van der Waals surface area (Å²) in [5, 5.41) is 11.7. The Labute approximate surface area is 126 Å². The summed E-state index contributed by atoms with van der Waals surface area (Å²) in [6, 6.07) is 8.18. The first kappa shape index (κ1) is 14.8. The lowest BCUT2D eigenvalue weighted by Crippen LogP contribution is -2.22. The fourth-order valence-corrected chi connectivity index (χ4v) is 3.33. The van der Waals surface area contributed by atoms with E-state index in [0.29, 0.717) is 5.13 Å². The van der Waals surface area contributed by atoms with E-state index in [1.807, 2.05) is 12.1 Å². The largest absolute Gasteiger partial charge is 0.369 e. The highest BCUT2D eigenvalue weighted by molar-refractivity contribution is 8.02. The van der Waals surface area contributed by atoms with Crippen molar-refractivity contribution in [3.63, 3.8) is 0 Å². The summed E-state index contributed by atoms with van der Waals surface area (Å²) >= 11 is 2.72. The summed E-state index contributed by atoms with van der Waals surface area (Å²) in [6.07, 6.45) is 1.02. The molecule has 0 aliphatic rings. The number of nitrogens with one attached hydrogen (secondary N) is 1. The molecule has 20 heavy (non-hydrogen) atoms. The number of hydrogen-bond acceptors (Lipinski definition) is 6. The van der Waals surface area contributed by atoms with Crippen LogP contribution < -0.4 is 11.1 Å². The van der Waals surface area contributed by atoms with Crippen LogP contribution in [0.15, 0.2) is 28.6 Å². The van der Waals surface area contributed by atoms with Crippen molar-refractivity contribution in [1.29, 1.82) is 0 Å². The second kappa shape index (κ2) is 6.71. The van der Waals surface area contributed by atoms with Crippen molar-refractivity contribution in [2.24, 2.45) is 5.73 Å². The highest BCUT2D eigenvalue weighted by atomic mass is 32.2. The molecule has 0 aliphatic heterocycles. The lowest BCUT2D eigenvalue weighted by molar-refractivity contribution is -0.117. The maximum absolute atomic E-state index is 11.0. The van der Waals surface area contributed by atoms with Gasteiger partial charge in [-0.1, -0.05) is 42.2 Å². The smallest absolute Gasteiger partial charge is 0.230 e. The number of benzene rings is 1. The van der Waals surface area contributed by atoms with Gasteiger partial charge < -0.3 is 11.1 Å². The molecule has 2 aromatic rings. The number of amides is 1. The molecule has 0 aliphatic carbocycles. The van der Waals surface area contributed by atoms with Gasteiger partial charge in [0.25, 0.3) is 0 Å². The Morgan fingerprint density at radius 3 is 2.70 bits per heavy atom. The summed E-state index contributed by atoms with van der Waals surface area (Å²) < 4.78 is 0.726. The van der Waals surface area contributed by atoms with Crippen LogP contribution in [-0.2, 0) is 11.2 Å². The van der Waals surface area contributed by atoms with Crippen LogP contribution in [0.1, 0.15) is 19.4 Å². The summed E-state index contributed by atoms with van der Waals surface area (Å²) in [5.41, 5.74) is 7.48. The average molecular weight is 308 g/mol. The minimum atomic E-state index is -0.352. The van der Waals surface area contributed by atoms with Gasteiger partial charge >= 0.3 is 0 Å². The molecule has 1 heterocycles. The molecule has 106 valence electrons. The highest BCUT2D eigenvalue weighted by Crippen LogP contribution is 2.30. The third kappa shape index (κ3) is 3.94. The minimum Gasteiger partial charge on any atom is -0.369 e. The maximum Gasteiger partial charge on any atom is 0.230 e. The monoisotopic (exact) mass is 308 g/mol. The molecule has 3 N–H and O–H groups in total. The number of anilines is 2. The minimum absolute atomic E-state index is 0.306. The highest BCUT2D eigenvalue weighted by Gasteiger charge is 2.14. The zero-order chi connectivity index (χ0) is 14.5. The Balaban J connectivity index is 1.99. The molecule has 1 aromatic heterocycles. The van der Waals surface area contributed by atoms with Gasteiger partial charge in [0.15, 0.2) is 4.34 Å². The van der Waals surface area contributed by atoms with E-state index >= 15 is 0 Å². The second-order valence-corrected chi connectivity index (χ2v) is 6.78. The fourth-order valence-electron chi connectivity index (χ4n) is 1.46. The van der Waals surface area contributed by atoms with Crippen LogP contribution in [0.4, 0.5) is 10.8 Å². The van der Waals surface area contributed by atoms with Gasteiger partial charge in [0.05, 0.1) is 5.25 Å². The third-order valence-corrected chi connectivity index (χ3v) is 4.74. The Hall–Kier alpha value is -1.60. The number of primary amides is 1. The molecule has 1 atom stereocenters. The second-order valence-electron chi connectivity index (χ2n) is 4.21. The summed E-state index contributed by atoms with van der Waals surface area (Å²) in [5.74, 6) is -0.352. The van der Waals surface area contributed by atoms with Gasteiger partial charge in [0.2, 0.25) is 11.0 Å². The van der Waals surface area contributed by atoms with Gasteiger partial charge in [-0.3, -0.25) is 4.79 Å². The molecule has 2 rings (SSSR count). The van der Waals surface area contributed by atoms with E-state index in [2.05, 4.69) is 34.6 Å². The maximum atomic E-state index is 11.0. The van der Waals surface area contributed by atoms with Crippen molar-refractivity contribution in [3.05, 3.63) is 29.8 Å². The van der Waals surface area contributed by atoms with Crippen LogP contribution in [-0.4, -0.2) is 21.4 Å². The van der Waals surface area contributed by atoms with Crippen molar-refractivity contribution in [1.82, 2.24) is 10.2 Å². The lowest BCUT2D eigenvalue weighted by Gasteiger charge is -2.03. The molecule has 0 bridgehead atoms. The zero-order valence-corrected chi connectivity index (χ0v) is 12.9. The van der Waals surface area contributed by atoms with Gasteiger partial charge in [-0.25, -0.2) is 0 Å². The first-order chi connectivity index (χ1) is 9.58. The number of hydrogen-bond donors (Lipinski definition) is 2. The summed E-state index contributed by atoms with van der Waals surface area (Å²) in [7, 11) is 0.